The molecule has 6 rings (SSSR count). The lowest BCUT2D eigenvalue weighted by Gasteiger charge is -2.12. The van der Waals surface area contributed by atoms with Crippen molar-refractivity contribution in [3.8, 4) is 40.6 Å². The number of furan rings is 1. The van der Waals surface area contributed by atoms with Crippen LogP contribution in [0.1, 0.15) is 27.5 Å². The summed E-state index contributed by atoms with van der Waals surface area (Å²) >= 11 is 0.994. The predicted octanol–water partition coefficient (Wildman–Crippen LogP) is 5.65. The number of ether oxygens (including phenoxy) is 3. The van der Waals surface area contributed by atoms with Crippen LogP contribution in [0.4, 0.5) is 0 Å². The Kier molecular flexibility index (Phi) is 7.75. The lowest BCUT2D eigenvalue weighted by molar-refractivity contribution is 0.275. The van der Waals surface area contributed by atoms with E-state index in [1.807, 2.05) is 61.7 Å². The van der Waals surface area contributed by atoms with E-state index in [0.717, 1.165) is 28.2 Å². The second-order valence-electron chi connectivity index (χ2n) is 9.65. The standard InChI is InChI=1S/C31H28N4O7S/c1-19-23(32-29(42-19)25-10-7-13-39-25)18-40-24-12-11-20(14-26(24)38-3)17-41-28-21(15-27-30(36)34(2)31(37)43-27)16-35(33-28)22-8-5-4-6-9-22/h4-14,16,36H,15,17-18H2,1-3H3. The summed E-state index contributed by atoms with van der Waals surface area (Å²) in [5, 5.41) is 15.1. The number of rotatable bonds is 11. The molecule has 0 spiro atoms. The number of hydrogen-bond acceptors (Lipinski definition) is 10. The van der Waals surface area contributed by atoms with Crippen LogP contribution in [0.3, 0.4) is 0 Å². The minimum atomic E-state index is -0.239. The van der Waals surface area contributed by atoms with Crippen molar-refractivity contribution in [1.29, 1.82) is 0 Å². The summed E-state index contributed by atoms with van der Waals surface area (Å²) in [6.07, 6.45) is 3.69. The summed E-state index contributed by atoms with van der Waals surface area (Å²) in [6.45, 7) is 2.20. The lowest BCUT2D eigenvalue weighted by atomic mass is 10.2. The molecule has 0 bridgehead atoms. The highest BCUT2D eigenvalue weighted by molar-refractivity contribution is 7.09. The number of aryl methyl sites for hydroxylation is 1. The van der Waals surface area contributed by atoms with Gasteiger partial charge < -0.3 is 28.2 Å². The number of para-hydroxylation sites is 1. The Morgan fingerprint density at radius 2 is 1.86 bits per heavy atom. The maximum atomic E-state index is 12.1. The zero-order valence-corrected chi connectivity index (χ0v) is 24.5. The van der Waals surface area contributed by atoms with Crippen LogP contribution in [-0.4, -0.2) is 31.5 Å². The molecule has 43 heavy (non-hydrogen) atoms. The first kappa shape index (κ1) is 27.9. The van der Waals surface area contributed by atoms with Crippen LogP contribution < -0.4 is 19.1 Å². The van der Waals surface area contributed by atoms with Gasteiger partial charge in [-0.2, -0.15) is 0 Å². The van der Waals surface area contributed by atoms with Crippen LogP contribution in [0.25, 0.3) is 17.3 Å². The van der Waals surface area contributed by atoms with Gasteiger partial charge in [0.15, 0.2) is 17.3 Å². The monoisotopic (exact) mass is 600 g/mol. The summed E-state index contributed by atoms with van der Waals surface area (Å²) in [7, 11) is 3.11. The zero-order chi connectivity index (χ0) is 29.9. The molecule has 0 aliphatic heterocycles. The van der Waals surface area contributed by atoms with E-state index in [9.17, 15) is 9.90 Å². The van der Waals surface area contributed by atoms with Gasteiger partial charge >= 0.3 is 4.87 Å². The number of thiazole rings is 1. The smallest absolute Gasteiger partial charge is 0.309 e. The van der Waals surface area contributed by atoms with Crippen molar-refractivity contribution in [3.63, 3.8) is 0 Å². The first-order valence-electron chi connectivity index (χ1n) is 13.3. The Morgan fingerprint density at radius 1 is 1.02 bits per heavy atom. The molecule has 0 aliphatic carbocycles. The van der Waals surface area contributed by atoms with E-state index in [1.54, 1.807) is 30.2 Å². The molecule has 6 aromatic rings. The third-order valence-corrected chi connectivity index (χ3v) is 7.79. The third kappa shape index (κ3) is 5.90. The summed E-state index contributed by atoms with van der Waals surface area (Å²) in [5.41, 5.74) is 3.06. The molecule has 11 nitrogen and oxygen atoms in total. The number of methoxy groups -OCH3 is 1. The van der Waals surface area contributed by atoms with Gasteiger partial charge in [-0.15, -0.1) is 5.10 Å². The molecule has 4 aromatic heterocycles. The fourth-order valence-corrected chi connectivity index (χ4v) is 5.31. The Balaban J connectivity index is 1.18. The Morgan fingerprint density at radius 3 is 2.58 bits per heavy atom. The highest BCUT2D eigenvalue weighted by Gasteiger charge is 2.19. The van der Waals surface area contributed by atoms with Gasteiger partial charge in [0.25, 0.3) is 5.89 Å². The molecular formula is C31H28N4O7S. The molecule has 4 heterocycles. The van der Waals surface area contributed by atoms with E-state index < -0.39 is 0 Å². The highest BCUT2D eigenvalue weighted by atomic mass is 32.1. The highest BCUT2D eigenvalue weighted by Crippen LogP contribution is 2.32. The normalized spacial score (nSPS) is 11.1. The minimum absolute atomic E-state index is 0.0632. The van der Waals surface area contributed by atoms with Gasteiger partial charge in [-0.05, 0) is 48.9 Å². The Bertz CT molecular complexity index is 1900. The van der Waals surface area contributed by atoms with Crippen LogP contribution in [0.2, 0.25) is 0 Å². The van der Waals surface area contributed by atoms with E-state index in [4.69, 9.17) is 23.0 Å². The van der Waals surface area contributed by atoms with E-state index in [1.165, 1.54) is 11.6 Å². The molecule has 0 aliphatic rings. The second kappa shape index (κ2) is 11.9. The van der Waals surface area contributed by atoms with Gasteiger partial charge in [0, 0.05) is 25.2 Å². The number of oxazole rings is 1. The molecule has 12 heteroatoms. The van der Waals surface area contributed by atoms with Gasteiger partial charge in [0.05, 0.1) is 23.9 Å². The zero-order valence-electron chi connectivity index (χ0n) is 23.6. The lowest BCUT2D eigenvalue weighted by Crippen LogP contribution is -2.05. The molecule has 0 amide bonds. The van der Waals surface area contributed by atoms with Gasteiger partial charge in [-0.25, -0.2) is 9.67 Å². The molecule has 220 valence electrons. The summed E-state index contributed by atoms with van der Waals surface area (Å²) < 4.78 is 31.8. The first-order valence-corrected chi connectivity index (χ1v) is 14.2. The van der Waals surface area contributed by atoms with Crippen molar-refractivity contribution in [3.05, 3.63) is 110 Å². The molecule has 1 N–H and O–H groups in total. The van der Waals surface area contributed by atoms with Crippen molar-refractivity contribution in [2.45, 2.75) is 26.6 Å². The Hall–Kier alpha value is -5.23. The SMILES string of the molecule is COc1cc(COc2nn(-c3ccccc3)cc2Cc2sc(=O)n(C)c2O)ccc1OCc1nc(-c2ccco2)oc1C. The predicted molar refractivity (Wildman–Crippen MR) is 158 cm³/mol. The van der Waals surface area contributed by atoms with Crippen molar-refractivity contribution in [2.75, 3.05) is 7.11 Å². The summed E-state index contributed by atoms with van der Waals surface area (Å²) in [6, 6.07) is 18.7. The molecule has 0 unspecified atom stereocenters. The average Bonchev–Trinajstić information content (AvgIpc) is 3.82. The molecule has 0 radical (unpaired) electrons. The van der Waals surface area contributed by atoms with Crippen LogP contribution in [-0.2, 0) is 26.7 Å². The van der Waals surface area contributed by atoms with Crippen molar-refractivity contribution >= 4 is 11.3 Å². The summed E-state index contributed by atoms with van der Waals surface area (Å²) in [5.74, 6) is 2.97. The topological polar surface area (TPSA) is 127 Å². The molecule has 0 saturated heterocycles. The fraction of sp³-hybridized carbons (Fsp3) is 0.194. The van der Waals surface area contributed by atoms with Crippen molar-refractivity contribution in [1.82, 2.24) is 19.3 Å². The molecule has 2 aromatic carbocycles. The number of aromatic nitrogens is 4. The van der Waals surface area contributed by atoms with Gasteiger partial charge in [0.1, 0.15) is 24.7 Å². The largest absolute Gasteiger partial charge is 0.494 e. The van der Waals surface area contributed by atoms with E-state index in [0.29, 0.717) is 45.4 Å². The van der Waals surface area contributed by atoms with Crippen molar-refractivity contribution < 1.29 is 28.2 Å². The number of nitrogens with zero attached hydrogens (tertiary/aromatic N) is 4. The van der Waals surface area contributed by atoms with Gasteiger partial charge in [0.2, 0.25) is 11.8 Å². The van der Waals surface area contributed by atoms with Crippen LogP contribution >= 0.6 is 11.3 Å². The molecule has 0 fully saturated rings. The van der Waals surface area contributed by atoms with Gasteiger partial charge in [-0.3, -0.25) is 9.36 Å². The van der Waals surface area contributed by atoms with Crippen LogP contribution in [0.5, 0.6) is 23.3 Å². The van der Waals surface area contributed by atoms with E-state index >= 15 is 0 Å². The Labute approximate surface area is 250 Å². The molecular weight excluding hydrogens is 572 g/mol. The van der Waals surface area contributed by atoms with Gasteiger partial charge in [-0.1, -0.05) is 35.6 Å². The second-order valence-corrected chi connectivity index (χ2v) is 10.7. The maximum Gasteiger partial charge on any atom is 0.309 e. The molecule has 0 saturated carbocycles. The average molecular weight is 601 g/mol. The van der Waals surface area contributed by atoms with E-state index in [-0.39, 0.29) is 30.4 Å². The van der Waals surface area contributed by atoms with Crippen LogP contribution in [0.15, 0.2) is 86.8 Å². The first-order chi connectivity index (χ1) is 20.9. The quantitative estimate of drug-likeness (QED) is 0.201. The minimum Gasteiger partial charge on any atom is -0.494 e. The fourth-order valence-electron chi connectivity index (χ4n) is 4.42. The number of aromatic hydroxyl groups is 1. The van der Waals surface area contributed by atoms with Crippen LogP contribution in [0, 0.1) is 6.92 Å². The number of benzene rings is 2. The summed E-state index contributed by atoms with van der Waals surface area (Å²) in [4.78, 5) is 16.9. The van der Waals surface area contributed by atoms with E-state index in [2.05, 4.69) is 10.1 Å². The third-order valence-electron chi connectivity index (χ3n) is 6.77. The maximum absolute atomic E-state index is 12.1. The molecule has 0 atom stereocenters. The van der Waals surface area contributed by atoms with Crippen molar-refractivity contribution in [2.24, 2.45) is 7.05 Å². The number of hydrogen-bond donors (Lipinski definition) is 1.